The Labute approximate surface area is 117 Å². The van der Waals surface area contributed by atoms with Crippen molar-refractivity contribution >= 4 is 33.2 Å². The summed E-state index contributed by atoms with van der Waals surface area (Å²) in [5, 5.41) is 8.72. The number of nitrogens with zero attached hydrogens (tertiary/aromatic N) is 2. The van der Waals surface area contributed by atoms with Crippen LogP contribution < -0.4 is 0 Å². The quantitative estimate of drug-likeness (QED) is 0.937. The van der Waals surface area contributed by atoms with Gasteiger partial charge in [-0.2, -0.15) is 0 Å². The van der Waals surface area contributed by atoms with Crippen LogP contribution in [-0.4, -0.2) is 20.6 Å². The molecule has 1 N–H and O–H groups in total. The number of carboxylic acid groups (broad SMARTS) is 1. The SMILES string of the molecule is Cc1nc(CCC(=O)O)n(C)c1-c1ccc(Br)s1. The predicted molar refractivity (Wildman–Crippen MR) is 74.9 cm³/mol. The molecule has 2 aromatic heterocycles. The summed E-state index contributed by atoms with van der Waals surface area (Å²) >= 11 is 5.09. The smallest absolute Gasteiger partial charge is 0.303 e. The molecule has 0 bridgehead atoms. The van der Waals surface area contributed by atoms with Gasteiger partial charge < -0.3 is 9.67 Å². The molecular formula is C12H13BrN2O2S. The number of carboxylic acids is 1. The molecule has 4 nitrogen and oxygen atoms in total. The Hall–Kier alpha value is -1.14. The van der Waals surface area contributed by atoms with E-state index in [9.17, 15) is 4.79 Å². The third-order valence-corrected chi connectivity index (χ3v) is 4.36. The lowest BCUT2D eigenvalue weighted by atomic mass is 10.3. The second kappa shape index (κ2) is 5.24. The second-order valence-electron chi connectivity index (χ2n) is 4.02. The summed E-state index contributed by atoms with van der Waals surface area (Å²) in [4.78, 5) is 16.2. The number of hydrogen-bond acceptors (Lipinski definition) is 3. The minimum absolute atomic E-state index is 0.109. The van der Waals surface area contributed by atoms with Crippen LogP contribution in [0.2, 0.25) is 0 Å². The summed E-state index contributed by atoms with van der Waals surface area (Å²) in [5.74, 6) is 0.0190. The molecule has 2 heterocycles. The van der Waals surface area contributed by atoms with E-state index < -0.39 is 5.97 Å². The van der Waals surface area contributed by atoms with Gasteiger partial charge in [-0.05, 0) is 35.0 Å². The first kappa shape index (κ1) is 13.3. The lowest BCUT2D eigenvalue weighted by Gasteiger charge is -2.03. The summed E-state index contributed by atoms with van der Waals surface area (Å²) < 4.78 is 3.06. The molecule has 0 saturated heterocycles. The van der Waals surface area contributed by atoms with Crippen molar-refractivity contribution in [1.82, 2.24) is 9.55 Å². The van der Waals surface area contributed by atoms with Crippen molar-refractivity contribution in [2.45, 2.75) is 19.8 Å². The minimum atomic E-state index is -0.795. The van der Waals surface area contributed by atoms with Crippen LogP contribution in [-0.2, 0) is 18.3 Å². The molecule has 0 fully saturated rings. The molecule has 0 aromatic carbocycles. The summed E-state index contributed by atoms with van der Waals surface area (Å²) in [7, 11) is 1.93. The molecule has 0 spiro atoms. The molecule has 0 aliphatic rings. The summed E-state index contributed by atoms with van der Waals surface area (Å²) in [6, 6.07) is 4.04. The Morgan fingerprint density at radius 3 is 2.83 bits per heavy atom. The Kier molecular flexibility index (Phi) is 3.87. The molecule has 2 aromatic rings. The maximum atomic E-state index is 10.6. The maximum absolute atomic E-state index is 10.6. The fraction of sp³-hybridized carbons (Fsp3) is 0.333. The average molecular weight is 329 g/mol. The fourth-order valence-electron chi connectivity index (χ4n) is 1.92. The van der Waals surface area contributed by atoms with E-state index in [0.717, 1.165) is 25.9 Å². The zero-order valence-electron chi connectivity index (χ0n) is 10.1. The van der Waals surface area contributed by atoms with E-state index in [2.05, 4.69) is 20.9 Å². The lowest BCUT2D eigenvalue weighted by molar-refractivity contribution is -0.137. The highest BCUT2D eigenvalue weighted by molar-refractivity contribution is 9.11. The molecule has 2 rings (SSSR count). The van der Waals surface area contributed by atoms with Gasteiger partial charge >= 0.3 is 5.97 Å². The van der Waals surface area contributed by atoms with Crippen molar-refractivity contribution < 1.29 is 9.90 Å². The molecule has 0 atom stereocenters. The highest BCUT2D eigenvalue weighted by atomic mass is 79.9. The number of aryl methyl sites for hydroxylation is 2. The number of hydrogen-bond donors (Lipinski definition) is 1. The molecule has 0 aliphatic heterocycles. The third-order valence-electron chi connectivity index (χ3n) is 2.73. The lowest BCUT2D eigenvalue weighted by Crippen LogP contribution is -2.03. The van der Waals surface area contributed by atoms with Crippen LogP contribution in [0.4, 0.5) is 0 Å². The van der Waals surface area contributed by atoms with E-state index in [1.54, 1.807) is 11.3 Å². The zero-order chi connectivity index (χ0) is 13.3. The standard InChI is InChI=1S/C12H13BrN2O2S/c1-7-12(8-3-4-9(13)18-8)15(2)10(14-7)5-6-11(16)17/h3-4H,5-6H2,1-2H3,(H,16,17). The summed E-state index contributed by atoms with van der Waals surface area (Å²) in [5.41, 5.74) is 2.00. The molecule has 0 amide bonds. The Morgan fingerprint density at radius 2 is 2.28 bits per heavy atom. The van der Waals surface area contributed by atoms with Crippen LogP contribution in [0.3, 0.4) is 0 Å². The van der Waals surface area contributed by atoms with E-state index in [1.807, 2.05) is 30.7 Å². The molecule has 96 valence electrons. The van der Waals surface area contributed by atoms with Crippen LogP contribution in [0.1, 0.15) is 17.9 Å². The van der Waals surface area contributed by atoms with Crippen LogP contribution in [0.5, 0.6) is 0 Å². The number of imidazole rings is 1. The van der Waals surface area contributed by atoms with Gasteiger partial charge in [-0.25, -0.2) is 4.98 Å². The third kappa shape index (κ3) is 2.64. The molecule has 18 heavy (non-hydrogen) atoms. The van der Waals surface area contributed by atoms with Gasteiger partial charge in [0.1, 0.15) is 5.82 Å². The number of aromatic nitrogens is 2. The molecule has 0 unspecified atom stereocenters. The van der Waals surface area contributed by atoms with Crippen LogP contribution >= 0.6 is 27.3 Å². The van der Waals surface area contributed by atoms with Gasteiger partial charge in [-0.1, -0.05) is 0 Å². The van der Waals surface area contributed by atoms with E-state index in [4.69, 9.17) is 5.11 Å². The Morgan fingerprint density at radius 1 is 1.56 bits per heavy atom. The molecule has 0 radical (unpaired) electrons. The maximum Gasteiger partial charge on any atom is 0.303 e. The van der Waals surface area contributed by atoms with Gasteiger partial charge in [-0.15, -0.1) is 11.3 Å². The first-order valence-corrected chi connectivity index (χ1v) is 7.09. The number of carbonyl (C=O) groups is 1. The highest BCUT2D eigenvalue weighted by Crippen LogP contribution is 2.33. The average Bonchev–Trinajstić information content (AvgIpc) is 2.81. The van der Waals surface area contributed by atoms with Crippen LogP contribution in [0.15, 0.2) is 15.9 Å². The number of thiophene rings is 1. The van der Waals surface area contributed by atoms with Gasteiger partial charge in [0.2, 0.25) is 0 Å². The van der Waals surface area contributed by atoms with Crippen molar-refractivity contribution in [3.05, 3.63) is 27.4 Å². The van der Waals surface area contributed by atoms with Gasteiger partial charge in [0.15, 0.2) is 0 Å². The number of halogens is 1. The van der Waals surface area contributed by atoms with Gasteiger partial charge in [-0.3, -0.25) is 4.79 Å². The summed E-state index contributed by atoms with van der Waals surface area (Å²) in [6.07, 6.45) is 0.567. The Balaban J connectivity index is 2.35. The second-order valence-corrected chi connectivity index (χ2v) is 6.48. The van der Waals surface area contributed by atoms with Crippen molar-refractivity contribution in [1.29, 1.82) is 0 Å². The van der Waals surface area contributed by atoms with E-state index in [1.165, 1.54) is 0 Å². The highest BCUT2D eigenvalue weighted by Gasteiger charge is 2.15. The number of rotatable bonds is 4. The van der Waals surface area contributed by atoms with Crippen LogP contribution in [0.25, 0.3) is 10.6 Å². The Bertz CT molecular complexity index is 589. The zero-order valence-corrected chi connectivity index (χ0v) is 12.5. The fourth-order valence-corrected chi connectivity index (χ4v) is 3.44. The molecule has 0 aliphatic carbocycles. The van der Waals surface area contributed by atoms with E-state index in [-0.39, 0.29) is 6.42 Å². The molecule has 0 saturated carbocycles. The minimum Gasteiger partial charge on any atom is -0.481 e. The van der Waals surface area contributed by atoms with Gasteiger partial charge in [0.25, 0.3) is 0 Å². The van der Waals surface area contributed by atoms with E-state index >= 15 is 0 Å². The monoisotopic (exact) mass is 328 g/mol. The van der Waals surface area contributed by atoms with Crippen molar-refractivity contribution in [2.75, 3.05) is 0 Å². The first-order valence-electron chi connectivity index (χ1n) is 5.48. The topological polar surface area (TPSA) is 55.1 Å². The summed E-state index contributed by atoms with van der Waals surface area (Å²) in [6.45, 7) is 1.95. The van der Waals surface area contributed by atoms with Gasteiger partial charge in [0, 0.05) is 13.5 Å². The van der Waals surface area contributed by atoms with Crippen molar-refractivity contribution in [3.63, 3.8) is 0 Å². The first-order chi connectivity index (χ1) is 8.49. The molecular weight excluding hydrogens is 316 g/mol. The van der Waals surface area contributed by atoms with Crippen LogP contribution in [0, 0.1) is 6.92 Å². The number of aliphatic carboxylic acids is 1. The van der Waals surface area contributed by atoms with E-state index in [0.29, 0.717) is 6.42 Å². The normalized spacial score (nSPS) is 10.8. The molecule has 6 heteroatoms. The van der Waals surface area contributed by atoms with Crippen molar-refractivity contribution in [3.8, 4) is 10.6 Å². The van der Waals surface area contributed by atoms with Gasteiger partial charge in [0.05, 0.1) is 26.5 Å². The largest absolute Gasteiger partial charge is 0.481 e. The predicted octanol–water partition coefficient (Wildman–Crippen LogP) is 3.24. The van der Waals surface area contributed by atoms with Crippen molar-refractivity contribution in [2.24, 2.45) is 7.05 Å².